The van der Waals surface area contributed by atoms with Crippen molar-refractivity contribution in [3.8, 4) is 0 Å². The highest BCUT2D eigenvalue weighted by atomic mass is 16.6. The number of carbonyl (C=O) groups is 1. The van der Waals surface area contributed by atoms with Crippen molar-refractivity contribution in [2.24, 2.45) is 0 Å². The van der Waals surface area contributed by atoms with Crippen LogP contribution in [-0.4, -0.2) is 44.6 Å². The van der Waals surface area contributed by atoms with Crippen LogP contribution in [0.4, 0.5) is 0 Å². The lowest BCUT2D eigenvalue weighted by Gasteiger charge is -2.61. The van der Waals surface area contributed by atoms with Crippen LogP contribution in [0.1, 0.15) is 31.7 Å². The van der Waals surface area contributed by atoms with Gasteiger partial charge >= 0.3 is 5.97 Å². The normalized spacial score (nSPS) is 42.3. The number of hydrogen-bond acceptors (Lipinski definition) is 4. The molecule has 3 aliphatic heterocycles. The van der Waals surface area contributed by atoms with Crippen molar-refractivity contribution in [1.82, 2.24) is 14.5 Å². The van der Waals surface area contributed by atoms with Crippen LogP contribution in [-0.2, 0) is 9.53 Å². The van der Waals surface area contributed by atoms with Gasteiger partial charge in [-0.25, -0.2) is 9.78 Å². The molecular formula is C15H17N3O2. The fraction of sp³-hybridized carbons (Fsp3) is 0.600. The number of ether oxygens (including phenoxy) is 1. The Morgan fingerprint density at radius 1 is 1.40 bits per heavy atom. The van der Waals surface area contributed by atoms with E-state index in [1.807, 2.05) is 18.7 Å². The molecule has 3 fully saturated rings. The highest BCUT2D eigenvalue weighted by molar-refractivity contribution is 5.88. The molecule has 0 N–H and O–H groups in total. The molecule has 20 heavy (non-hydrogen) atoms. The molecule has 1 saturated carbocycles. The summed E-state index contributed by atoms with van der Waals surface area (Å²) in [6, 6.07) is 1.07. The third-order valence-corrected chi connectivity index (χ3v) is 5.60. The molecule has 0 aromatic carbocycles. The van der Waals surface area contributed by atoms with Gasteiger partial charge in [0.2, 0.25) is 0 Å². The molecule has 4 atom stereocenters. The van der Waals surface area contributed by atoms with Crippen molar-refractivity contribution in [2.75, 3.05) is 6.54 Å². The SMILES string of the molecule is O=C1C=C2CC(n3ccnc3)C3N4CCCC[C@@H]4[C@@]23O1. The van der Waals surface area contributed by atoms with Crippen LogP contribution in [0, 0.1) is 0 Å². The Morgan fingerprint density at radius 3 is 3.20 bits per heavy atom. The first-order valence-electron chi connectivity index (χ1n) is 7.48. The summed E-state index contributed by atoms with van der Waals surface area (Å²) >= 11 is 0. The van der Waals surface area contributed by atoms with Crippen molar-refractivity contribution in [3.05, 3.63) is 30.4 Å². The van der Waals surface area contributed by atoms with Gasteiger partial charge in [-0.3, -0.25) is 4.90 Å². The summed E-state index contributed by atoms with van der Waals surface area (Å²) in [6.07, 6.45) is 12.1. The third kappa shape index (κ3) is 1.10. The van der Waals surface area contributed by atoms with E-state index in [0.29, 0.717) is 18.1 Å². The van der Waals surface area contributed by atoms with E-state index < -0.39 is 0 Å². The Kier molecular flexibility index (Phi) is 1.95. The second-order valence-electron chi connectivity index (χ2n) is 6.36. The summed E-state index contributed by atoms with van der Waals surface area (Å²) in [5.74, 6) is -0.140. The number of fused-ring (bicyclic) bond motifs is 2. The number of nitrogens with zero attached hydrogens (tertiary/aromatic N) is 3. The topological polar surface area (TPSA) is 47.4 Å². The second kappa shape index (κ2) is 3.52. The zero-order chi connectivity index (χ0) is 13.3. The fourth-order valence-corrected chi connectivity index (χ4v) is 4.95. The Labute approximate surface area is 117 Å². The van der Waals surface area contributed by atoms with E-state index in [0.717, 1.165) is 19.4 Å². The predicted molar refractivity (Wildman–Crippen MR) is 70.9 cm³/mol. The van der Waals surface area contributed by atoms with Gasteiger partial charge in [0, 0.05) is 18.5 Å². The largest absolute Gasteiger partial charge is 0.448 e. The zero-order valence-corrected chi connectivity index (χ0v) is 11.2. The first-order valence-corrected chi connectivity index (χ1v) is 7.48. The van der Waals surface area contributed by atoms with Crippen molar-refractivity contribution in [2.45, 2.75) is 49.4 Å². The second-order valence-corrected chi connectivity index (χ2v) is 6.36. The van der Waals surface area contributed by atoms with E-state index >= 15 is 0 Å². The maximum Gasteiger partial charge on any atom is 0.331 e. The molecule has 1 aromatic rings. The number of hydrogen-bond donors (Lipinski definition) is 0. The Balaban J connectivity index is 1.61. The molecule has 2 saturated heterocycles. The summed E-state index contributed by atoms with van der Waals surface area (Å²) in [6.45, 7) is 1.13. The van der Waals surface area contributed by atoms with Crippen molar-refractivity contribution < 1.29 is 9.53 Å². The molecule has 4 heterocycles. The monoisotopic (exact) mass is 271 g/mol. The molecule has 1 spiro atoms. The van der Waals surface area contributed by atoms with Gasteiger partial charge in [-0.1, -0.05) is 6.42 Å². The maximum atomic E-state index is 11.8. The van der Waals surface area contributed by atoms with E-state index in [4.69, 9.17) is 4.74 Å². The number of piperidine rings is 1. The number of aromatic nitrogens is 2. The van der Waals surface area contributed by atoms with Gasteiger partial charge in [-0.15, -0.1) is 0 Å². The standard InChI is InChI=1S/C15H17N3O2/c19-13-8-10-7-11(17-6-4-16-9-17)14-15(10,20-13)12-3-1-2-5-18(12)14/h4,6,8-9,11-12,14H,1-3,5,7H2/t11?,12-,14?,15+/m1/s1. The number of imidazole rings is 1. The molecule has 0 radical (unpaired) electrons. The molecule has 5 rings (SSSR count). The Bertz CT molecular complexity index is 609. The molecule has 1 aromatic heterocycles. The lowest BCUT2D eigenvalue weighted by Crippen LogP contribution is -2.77. The summed E-state index contributed by atoms with van der Waals surface area (Å²) in [7, 11) is 0. The van der Waals surface area contributed by atoms with E-state index in [9.17, 15) is 4.79 Å². The number of esters is 1. The molecule has 0 amide bonds. The molecule has 5 heteroatoms. The van der Waals surface area contributed by atoms with Gasteiger partial charge in [-0.2, -0.15) is 0 Å². The minimum absolute atomic E-state index is 0.140. The van der Waals surface area contributed by atoms with Gasteiger partial charge in [0.1, 0.15) is 0 Å². The smallest absolute Gasteiger partial charge is 0.331 e. The minimum atomic E-state index is -0.313. The quantitative estimate of drug-likeness (QED) is 0.722. The lowest BCUT2D eigenvalue weighted by molar-refractivity contribution is -0.207. The number of carbonyl (C=O) groups excluding carboxylic acids is 1. The van der Waals surface area contributed by atoms with Gasteiger partial charge in [0.05, 0.1) is 24.5 Å². The highest BCUT2D eigenvalue weighted by Crippen LogP contribution is 2.61. The molecule has 0 bridgehead atoms. The van der Waals surface area contributed by atoms with Gasteiger partial charge in [0.15, 0.2) is 5.60 Å². The first-order chi connectivity index (χ1) is 9.80. The van der Waals surface area contributed by atoms with Crippen molar-refractivity contribution in [1.29, 1.82) is 0 Å². The molecule has 2 unspecified atom stereocenters. The van der Waals surface area contributed by atoms with Crippen LogP contribution in [0.25, 0.3) is 0 Å². The van der Waals surface area contributed by atoms with Crippen LogP contribution in [0.5, 0.6) is 0 Å². The summed E-state index contributed by atoms with van der Waals surface area (Å²) in [4.78, 5) is 18.5. The van der Waals surface area contributed by atoms with E-state index in [1.54, 1.807) is 6.08 Å². The molecule has 5 nitrogen and oxygen atoms in total. The highest BCUT2D eigenvalue weighted by Gasteiger charge is 2.73. The average Bonchev–Trinajstić information content (AvgIpc) is 3.10. The first kappa shape index (κ1) is 11.1. The summed E-state index contributed by atoms with van der Waals surface area (Å²) < 4.78 is 8.05. The summed E-state index contributed by atoms with van der Waals surface area (Å²) in [5, 5.41) is 0. The van der Waals surface area contributed by atoms with Gasteiger partial charge in [0.25, 0.3) is 0 Å². The van der Waals surface area contributed by atoms with E-state index in [2.05, 4.69) is 14.5 Å². The zero-order valence-electron chi connectivity index (χ0n) is 11.2. The van der Waals surface area contributed by atoms with Crippen LogP contribution in [0.3, 0.4) is 0 Å². The van der Waals surface area contributed by atoms with Crippen LogP contribution in [0.2, 0.25) is 0 Å². The maximum absolute atomic E-state index is 11.8. The van der Waals surface area contributed by atoms with Crippen molar-refractivity contribution >= 4 is 5.97 Å². The van der Waals surface area contributed by atoms with Crippen LogP contribution in [0.15, 0.2) is 30.4 Å². The lowest BCUT2D eigenvalue weighted by atomic mass is 9.70. The Hall–Kier alpha value is -1.62. The van der Waals surface area contributed by atoms with Gasteiger partial charge in [-0.05, 0) is 31.4 Å². The molecule has 4 aliphatic rings. The minimum Gasteiger partial charge on any atom is -0.448 e. The predicted octanol–water partition coefficient (Wildman–Crippen LogP) is 1.29. The third-order valence-electron chi connectivity index (χ3n) is 5.60. The van der Waals surface area contributed by atoms with E-state index in [1.165, 1.54) is 18.4 Å². The number of rotatable bonds is 1. The van der Waals surface area contributed by atoms with E-state index in [-0.39, 0.29) is 11.6 Å². The summed E-state index contributed by atoms with van der Waals surface area (Å²) in [5.41, 5.74) is 0.904. The molecular weight excluding hydrogens is 254 g/mol. The average molecular weight is 271 g/mol. The molecule has 1 aliphatic carbocycles. The van der Waals surface area contributed by atoms with Crippen molar-refractivity contribution in [3.63, 3.8) is 0 Å². The fourth-order valence-electron chi connectivity index (χ4n) is 4.95. The molecule has 104 valence electrons. The van der Waals surface area contributed by atoms with Gasteiger partial charge < -0.3 is 9.30 Å². The van der Waals surface area contributed by atoms with Crippen LogP contribution >= 0.6 is 0 Å². The Morgan fingerprint density at radius 2 is 2.35 bits per heavy atom. The van der Waals surface area contributed by atoms with Crippen LogP contribution < -0.4 is 0 Å².